The highest BCUT2D eigenvalue weighted by molar-refractivity contribution is 5.86. The monoisotopic (exact) mass is 497 g/mol. The van der Waals surface area contributed by atoms with Crippen LogP contribution in [0.3, 0.4) is 0 Å². The second-order valence-corrected chi connectivity index (χ2v) is 8.92. The molecule has 37 heavy (non-hydrogen) atoms. The fraction of sp³-hybridized carbons (Fsp3) is 0.226. The molecule has 0 aliphatic heterocycles. The molecule has 1 N–H and O–H groups in total. The predicted octanol–water partition coefficient (Wildman–Crippen LogP) is 4.40. The minimum absolute atomic E-state index is 0.223. The first kappa shape index (κ1) is 25.0. The standard InChI is InChI=1S/C31H31NO5/c1-32(33)37-22-21-36-26-17-13-24(14-18-26)31(23-11-15-25(16-12-23)35-20-19-34-2)29-9-5-3-7-27(29)28-8-4-6-10-30(28)31/h3-18,32H,19-22H2,1-2H3. The molecule has 6 nitrogen and oxygen atoms in total. The lowest BCUT2D eigenvalue weighted by atomic mass is 9.68. The molecule has 1 atom stereocenters. The maximum Gasteiger partial charge on any atom is 0.140 e. The summed E-state index contributed by atoms with van der Waals surface area (Å²) in [5.41, 5.74) is 6.77. The molecule has 0 amide bonds. The third-order valence-electron chi connectivity index (χ3n) is 6.74. The third kappa shape index (κ3) is 4.84. The molecule has 0 radical (unpaired) electrons. The summed E-state index contributed by atoms with van der Waals surface area (Å²) in [6.45, 7) is 1.58. The molecule has 0 aromatic heterocycles. The van der Waals surface area contributed by atoms with Crippen LogP contribution in [0.5, 0.6) is 11.5 Å². The van der Waals surface area contributed by atoms with E-state index in [1.807, 2.05) is 24.3 Å². The van der Waals surface area contributed by atoms with Crippen LogP contribution in [0, 0.1) is 5.21 Å². The number of methoxy groups -OCH3 is 1. The molecular weight excluding hydrogens is 466 g/mol. The van der Waals surface area contributed by atoms with Crippen molar-refractivity contribution in [3.05, 3.63) is 125 Å². The average Bonchev–Trinajstić information content (AvgIpc) is 3.23. The van der Waals surface area contributed by atoms with Crippen LogP contribution < -0.4 is 14.7 Å². The predicted molar refractivity (Wildman–Crippen MR) is 143 cm³/mol. The Morgan fingerprint density at radius 3 is 1.54 bits per heavy atom. The number of hydrogen-bond donors (Lipinski definition) is 1. The molecule has 5 rings (SSSR count). The summed E-state index contributed by atoms with van der Waals surface area (Å²) < 4.78 is 16.8. The molecule has 190 valence electrons. The van der Waals surface area contributed by atoms with E-state index in [2.05, 4.69) is 72.8 Å². The fourth-order valence-corrected chi connectivity index (χ4v) is 5.21. The Kier molecular flexibility index (Phi) is 7.53. The van der Waals surface area contributed by atoms with Gasteiger partial charge in [-0.1, -0.05) is 72.8 Å². The highest BCUT2D eigenvalue weighted by Crippen LogP contribution is 2.56. The van der Waals surface area contributed by atoms with Gasteiger partial charge in [-0.15, -0.1) is 0 Å². The molecule has 4 aromatic carbocycles. The Balaban J connectivity index is 1.57. The van der Waals surface area contributed by atoms with Crippen molar-refractivity contribution in [2.45, 2.75) is 5.41 Å². The number of rotatable bonds is 11. The number of benzene rings is 4. The third-order valence-corrected chi connectivity index (χ3v) is 6.74. The molecule has 0 bridgehead atoms. The Morgan fingerprint density at radius 2 is 1.08 bits per heavy atom. The summed E-state index contributed by atoms with van der Waals surface area (Å²) >= 11 is 0. The second kappa shape index (κ2) is 11.2. The normalized spacial score (nSPS) is 14.0. The minimum Gasteiger partial charge on any atom is -0.600 e. The highest BCUT2D eigenvalue weighted by atomic mass is 16.9. The van der Waals surface area contributed by atoms with Crippen LogP contribution in [0.2, 0.25) is 0 Å². The molecule has 0 spiro atoms. The van der Waals surface area contributed by atoms with E-state index in [1.165, 1.54) is 29.3 Å². The van der Waals surface area contributed by atoms with Crippen molar-refractivity contribution in [1.29, 1.82) is 0 Å². The van der Waals surface area contributed by atoms with Gasteiger partial charge < -0.3 is 19.4 Å². The average molecular weight is 498 g/mol. The molecule has 6 heteroatoms. The topological polar surface area (TPSA) is 64.4 Å². The summed E-state index contributed by atoms with van der Waals surface area (Å²) in [5.74, 6) is 1.54. The van der Waals surface area contributed by atoms with Gasteiger partial charge >= 0.3 is 0 Å². The number of nitrogens with one attached hydrogen (secondary N) is 1. The van der Waals surface area contributed by atoms with Gasteiger partial charge in [0.25, 0.3) is 0 Å². The van der Waals surface area contributed by atoms with Gasteiger partial charge in [0, 0.05) is 7.11 Å². The zero-order chi connectivity index (χ0) is 25.7. The van der Waals surface area contributed by atoms with E-state index < -0.39 is 5.41 Å². The van der Waals surface area contributed by atoms with Crippen molar-refractivity contribution < 1.29 is 24.3 Å². The molecule has 4 aromatic rings. The number of hydrogen-bond acceptors (Lipinski definition) is 5. The van der Waals surface area contributed by atoms with Gasteiger partial charge in [-0.2, -0.15) is 0 Å². The maximum absolute atomic E-state index is 11.0. The van der Waals surface area contributed by atoms with Crippen LogP contribution in [-0.2, 0) is 15.0 Å². The van der Waals surface area contributed by atoms with E-state index in [-0.39, 0.29) is 11.8 Å². The van der Waals surface area contributed by atoms with Crippen LogP contribution >= 0.6 is 0 Å². The van der Waals surface area contributed by atoms with Gasteiger partial charge in [0.05, 0.1) is 19.1 Å². The van der Waals surface area contributed by atoms with E-state index in [4.69, 9.17) is 19.0 Å². The summed E-state index contributed by atoms with van der Waals surface area (Å²) in [7, 11) is 3.06. The Labute approximate surface area is 217 Å². The summed E-state index contributed by atoms with van der Waals surface area (Å²) in [4.78, 5) is 4.98. The van der Waals surface area contributed by atoms with Crippen LogP contribution in [0.4, 0.5) is 0 Å². The van der Waals surface area contributed by atoms with Gasteiger partial charge in [-0.05, 0) is 57.6 Å². The van der Waals surface area contributed by atoms with Crippen LogP contribution in [0.1, 0.15) is 22.3 Å². The van der Waals surface area contributed by atoms with Crippen LogP contribution in [0.25, 0.3) is 11.1 Å². The van der Waals surface area contributed by atoms with Crippen molar-refractivity contribution in [3.63, 3.8) is 0 Å². The SMILES string of the molecule is COCCOc1ccc(C2(c3ccc(OCCO[NH+](C)[O-])cc3)c3ccccc3-c3ccccc32)cc1. The molecule has 0 fully saturated rings. The fourth-order valence-electron chi connectivity index (χ4n) is 5.21. The molecule has 1 unspecified atom stereocenters. The second-order valence-electron chi connectivity index (χ2n) is 8.92. The van der Waals surface area contributed by atoms with Crippen molar-refractivity contribution >= 4 is 0 Å². The summed E-state index contributed by atoms with van der Waals surface area (Å²) in [5, 5.41) is 10.7. The molecule has 1 aliphatic rings. The first-order valence-electron chi connectivity index (χ1n) is 12.4. The van der Waals surface area contributed by atoms with Crippen LogP contribution in [0.15, 0.2) is 97.1 Å². The maximum atomic E-state index is 11.0. The van der Waals surface area contributed by atoms with E-state index in [0.717, 1.165) is 22.6 Å². The van der Waals surface area contributed by atoms with Crippen molar-refractivity contribution in [1.82, 2.24) is 0 Å². The first-order chi connectivity index (χ1) is 18.1. The highest BCUT2D eigenvalue weighted by Gasteiger charge is 2.45. The lowest BCUT2D eigenvalue weighted by molar-refractivity contribution is -1.04. The summed E-state index contributed by atoms with van der Waals surface area (Å²) in [6.07, 6.45) is 0. The first-order valence-corrected chi connectivity index (χ1v) is 12.4. The van der Waals surface area contributed by atoms with Gasteiger partial charge in [-0.25, -0.2) is 10.1 Å². The lowest BCUT2D eigenvalue weighted by Crippen LogP contribution is -3.02. The molecule has 1 aliphatic carbocycles. The largest absolute Gasteiger partial charge is 0.600 e. The molecule has 0 saturated carbocycles. The van der Waals surface area contributed by atoms with Crippen LogP contribution in [-0.4, -0.2) is 40.6 Å². The zero-order valence-electron chi connectivity index (χ0n) is 21.1. The molecule has 0 heterocycles. The number of hydroxylamine groups is 2. The summed E-state index contributed by atoms with van der Waals surface area (Å²) in [6, 6.07) is 33.8. The van der Waals surface area contributed by atoms with E-state index in [9.17, 15) is 5.21 Å². The molecule has 0 saturated heterocycles. The Bertz CT molecular complexity index is 1270. The van der Waals surface area contributed by atoms with Gasteiger partial charge in [-0.3, -0.25) is 0 Å². The van der Waals surface area contributed by atoms with Crippen molar-refractivity contribution in [3.8, 4) is 22.6 Å². The van der Waals surface area contributed by atoms with E-state index in [1.54, 1.807) is 7.11 Å². The zero-order valence-corrected chi connectivity index (χ0v) is 21.1. The van der Waals surface area contributed by atoms with Gasteiger partial charge in [0.15, 0.2) is 0 Å². The number of fused-ring (bicyclic) bond motifs is 3. The van der Waals surface area contributed by atoms with E-state index >= 15 is 0 Å². The number of quaternary nitrogens is 1. The van der Waals surface area contributed by atoms with Gasteiger partial charge in [0.1, 0.15) is 31.3 Å². The Morgan fingerprint density at radius 1 is 0.622 bits per heavy atom. The smallest absolute Gasteiger partial charge is 0.140 e. The minimum atomic E-state index is -0.492. The van der Waals surface area contributed by atoms with Crippen molar-refractivity contribution in [2.75, 3.05) is 40.6 Å². The quantitative estimate of drug-likeness (QED) is 0.217. The number of ether oxygens (including phenoxy) is 3. The van der Waals surface area contributed by atoms with E-state index in [0.29, 0.717) is 19.8 Å². The Hall–Kier alpha value is -3.68. The van der Waals surface area contributed by atoms with Gasteiger partial charge in [0.2, 0.25) is 0 Å². The van der Waals surface area contributed by atoms with Crippen molar-refractivity contribution in [2.24, 2.45) is 0 Å². The molecular formula is C31H31NO5. The lowest BCUT2D eigenvalue weighted by Gasteiger charge is -2.34.